The molecule has 0 radical (unpaired) electrons. The Labute approximate surface area is 133 Å². The molecule has 0 aliphatic heterocycles. The lowest BCUT2D eigenvalue weighted by atomic mass is 9.96. The van der Waals surface area contributed by atoms with E-state index in [1.165, 1.54) is 11.3 Å². The van der Waals surface area contributed by atoms with E-state index in [2.05, 4.69) is 10.3 Å². The first kappa shape index (κ1) is 16.4. The van der Waals surface area contributed by atoms with Crippen molar-refractivity contribution in [1.29, 1.82) is 0 Å². The second-order valence-corrected chi connectivity index (χ2v) is 7.11. The van der Waals surface area contributed by atoms with Gasteiger partial charge in [0.05, 0.1) is 16.6 Å². The van der Waals surface area contributed by atoms with Crippen LogP contribution in [0.4, 0.5) is 0 Å². The summed E-state index contributed by atoms with van der Waals surface area (Å²) in [6, 6.07) is 7.80. The molecule has 0 aliphatic rings. The van der Waals surface area contributed by atoms with Crippen molar-refractivity contribution in [2.24, 2.45) is 5.41 Å². The zero-order valence-corrected chi connectivity index (χ0v) is 13.8. The second-order valence-electron chi connectivity index (χ2n) is 5.99. The quantitative estimate of drug-likeness (QED) is 0.860. The molecular weight excluding hydrogens is 300 g/mol. The fourth-order valence-electron chi connectivity index (χ4n) is 1.74. The van der Waals surface area contributed by atoms with Crippen molar-refractivity contribution in [2.75, 3.05) is 6.54 Å². The third-order valence-electron chi connectivity index (χ3n) is 2.99. The summed E-state index contributed by atoms with van der Waals surface area (Å²) in [5.74, 6) is -0.417. The lowest BCUT2D eigenvalue weighted by Gasteiger charge is -2.17. The number of fused-ring (bicyclic) bond motifs is 1. The summed E-state index contributed by atoms with van der Waals surface area (Å²) in [7, 11) is 0. The average Bonchev–Trinajstić information content (AvgIpc) is 2.86. The minimum absolute atomic E-state index is 0.0773. The monoisotopic (exact) mass is 320 g/mol. The van der Waals surface area contributed by atoms with Gasteiger partial charge in [0.1, 0.15) is 11.6 Å². The Morgan fingerprint density at radius 1 is 1.27 bits per heavy atom. The van der Waals surface area contributed by atoms with E-state index in [9.17, 15) is 9.59 Å². The lowest BCUT2D eigenvalue weighted by molar-refractivity contribution is -0.144. The number of nitrogens with zero attached hydrogens (tertiary/aromatic N) is 1. The van der Waals surface area contributed by atoms with Gasteiger partial charge in [-0.15, -0.1) is 11.3 Å². The Balaban J connectivity index is 1.75. The summed E-state index contributed by atoms with van der Waals surface area (Å²) in [4.78, 5) is 27.7. The first-order valence-electron chi connectivity index (χ1n) is 7.14. The van der Waals surface area contributed by atoms with Gasteiger partial charge < -0.3 is 10.1 Å². The number of carbonyl (C=O) groups excluding carboxylic acids is 2. The standard InChI is InChI=1S/C16H20N2O3S/c1-16(2,3)15(20)17-9-8-14(19)21-10-13-18-11-6-4-5-7-12(11)22-13/h4-7H,8-10H2,1-3H3,(H,17,20). The maximum absolute atomic E-state index is 11.7. The summed E-state index contributed by atoms with van der Waals surface area (Å²) >= 11 is 1.51. The molecule has 0 saturated carbocycles. The SMILES string of the molecule is CC(C)(C)C(=O)NCCC(=O)OCc1nc2ccccc2s1. The Bertz CT molecular complexity index is 640. The third-order valence-corrected chi connectivity index (χ3v) is 4.00. The number of aromatic nitrogens is 1. The van der Waals surface area contributed by atoms with Gasteiger partial charge in [-0.2, -0.15) is 0 Å². The van der Waals surface area contributed by atoms with Gasteiger partial charge >= 0.3 is 5.97 Å². The Morgan fingerprint density at radius 3 is 2.68 bits per heavy atom. The number of nitrogens with one attached hydrogen (secondary N) is 1. The Morgan fingerprint density at radius 2 is 2.00 bits per heavy atom. The fourth-order valence-corrected chi connectivity index (χ4v) is 2.62. The molecule has 0 saturated heterocycles. The van der Waals surface area contributed by atoms with Crippen molar-refractivity contribution < 1.29 is 14.3 Å². The predicted molar refractivity (Wildman–Crippen MR) is 86.5 cm³/mol. The first-order chi connectivity index (χ1) is 10.4. The van der Waals surface area contributed by atoms with Crippen LogP contribution < -0.4 is 5.32 Å². The van der Waals surface area contributed by atoms with Crippen molar-refractivity contribution >= 4 is 33.4 Å². The van der Waals surface area contributed by atoms with Crippen LogP contribution in [0.2, 0.25) is 0 Å². The summed E-state index contributed by atoms with van der Waals surface area (Å²) in [6.45, 7) is 5.94. The molecule has 6 heteroatoms. The van der Waals surface area contributed by atoms with E-state index >= 15 is 0 Å². The zero-order chi connectivity index (χ0) is 16.2. The maximum Gasteiger partial charge on any atom is 0.307 e. The Kier molecular flexibility index (Phi) is 5.13. The van der Waals surface area contributed by atoms with Gasteiger partial charge in [0.15, 0.2) is 0 Å². The van der Waals surface area contributed by atoms with E-state index in [0.717, 1.165) is 15.2 Å². The number of amides is 1. The van der Waals surface area contributed by atoms with Gasteiger partial charge in [-0.3, -0.25) is 9.59 Å². The number of thiazole rings is 1. The van der Waals surface area contributed by atoms with E-state index in [1.54, 1.807) is 0 Å². The number of benzene rings is 1. The van der Waals surface area contributed by atoms with E-state index in [0.29, 0.717) is 0 Å². The second kappa shape index (κ2) is 6.87. The van der Waals surface area contributed by atoms with Crippen LogP contribution in [0.15, 0.2) is 24.3 Å². The molecule has 1 N–H and O–H groups in total. The van der Waals surface area contributed by atoms with Crippen LogP contribution in [0.5, 0.6) is 0 Å². The highest BCUT2D eigenvalue weighted by Crippen LogP contribution is 2.22. The van der Waals surface area contributed by atoms with Crippen molar-refractivity contribution in [2.45, 2.75) is 33.8 Å². The largest absolute Gasteiger partial charge is 0.458 e. The molecule has 0 fully saturated rings. The molecule has 0 spiro atoms. The van der Waals surface area contributed by atoms with Gasteiger partial charge in [0.25, 0.3) is 0 Å². The highest BCUT2D eigenvalue weighted by molar-refractivity contribution is 7.18. The lowest BCUT2D eigenvalue weighted by Crippen LogP contribution is -2.36. The topological polar surface area (TPSA) is 68.3 Å². The van der Waals surface area contributed by atoms with E-state index in [1.807, 2.05) is 45.0 Å². The molecular formula is C16H20N2O3S. The number of esters is 1. The van der Waals surface area contributed by atoms with Crippen molar-refractivity contribution in [3.05, 3.63) is 29.3 Å². The van der Waals surface area contributed by atoms with Gasteiger partial charge in [-0.1, -0.05) is 32.9 Å². The zero-order valence-electron chi connectivity index (χ0n) is 13.0. The maximum atomic E-state index is 11.7. The average molecular weight is 320 g/mol. The number of rotatable bonds is 5. The van der Waals surface area contributed by atoms with E-state index in [-0.39, 0.29) is 31.4 Å². The van der Waals surface area contributed by atoms with Gasteiger partial charge in [-0.25, -0.2) is 4.98 Å². The number of para-hydroxylation sites is 1. The van der Waals surface area contributed by atoms with Crippen LogP contribution in [0.3, 0.4) is 0 Å². The minimum Gasteiger partial charge on any atom is -0.458 e. The third kappa shape index (κ3) is 4.53. The van der Waals surface area contributed by atoms with Crippen molar-refractivity contribution in [3.63, 3.8) is 0 Å². The molecule has 1 amide bonds. The highest BCUT2D eigenvalue weighted by atomic mass is 32.1. The fraction of sp³-hybridized carbons (Fsp3) is 0.438. The molecule has 1 aromatic heterocycles. The first-order valence-corrected chi connectivity index (χ1v) is 7.96. The summed E-state index contributed by atoms with van der Waals surface area (Å²) < 4.78 is 6.26. The molecule has 1 heterocycles. The molecule has 0 atom stereocenters. The van der Waals surface area contributed by atoms with Gasteiger partial charge in [-0.05, 0) is 12.1 Å². The molecule has 0 aliphatic carbocycles. The molecule has 2 rings (SSSR count). The smallest absolute Gasteiger partial charge is 0.307 e. The molecule has 0 bridgehead atoms. The summed E-state index contributed by atoms with van der Waals surface area (Å²) in [5.41, 5.74) is 0.459. The number of hydrogen-bond acceptors (Lipinski definition) is 5. The van der Waals surface area contributed by atoms with Crippen LogP contribution in [-0.2, 0) is 20.9 Å². The normalized spacial score (nSPS) is 11.4. The molecule has 2 aromatic rings. The Hall–Kier alpha value is -1.95. The van der Waals surface area contributed by atoms with Gasteiger partial charge in [0.2, 0.25) is 5.91 Å². The molecule has 1 aromatic carbocycles. The van der Waals surface area contributed by atoms with Crippen LogP contribution in [0, 0.1) is 5.41 Å². The van der Waals surface area contributed by atoms with Gasteiger partial charge in [0, 0.05) is 12.0 Å². The summed E-state index contributed by atoms with van der Waals surface area (Å²) in [5, 5.41) is 3.49. The highest BCUT2D eigenvalue weighted by Gasteiger charge is 2.20. The summed E-state index contributed by atoms with van der Waals surface area (Å²) in [6.07, 6.45) is 0.159. The predicted octanol–water partition coefficient (Wildman–Crippen LogP) is 2.89. The molecule has 118 valence electrons. The van der Waals surface area contributed by atoms with Crippen LogP contribution >= 0.6 is 11.3 Å². The van der Waals surface area contributed by atoms with Crippen molar-refractivity contribution in [3.8, 4) is 0 Å². The number of ether oxygens (including phenoxy) is 1. The van der Waals surface area contributed by atoms with Crippen LogP contribution in [-0.4, -0.2) is 23.4 Å². The minimum atomic E-state index is -0.453. The molecule has 5 nitrogen and oxygen atoms in total. The van der Waals surface area contributed by atoms with Crippen LogP contribution in [0.25, 0.3) is 10.2 Å². The van der Waals surface area contributed by atoms with Crippen LogP contribution in [0.1, 0.15) is 32.2 Å². The van der Waals surface area contributed by atoms with Crippen molar-refractivity contribution in [1.82, 2.24) is 10.3 Å². The molecule has 0 unspecified atom stereocenters. The van der Waals surface area contributed by atoms with E-state index in [4.69, 9.17) is 4.74 Å². The molecule has 22 heavy (non-hydrogen) atoms. The van der Waals surface area contributed by atoms with E-state index < -0.39 is 5.41 Å². The number of hydrogen-bond donors (Lipinski definition) is 1. The number of carbonyl (C=O) groups is 2.